The Balaban J connectivity index is 1.74. The van der Waals surface area contributed by atoms with Crippen LogP contribution in [0.5, 0.6) is 0 Å². The fourth-order valence-corrected chi connectivity index (χ4v) is 3.02. The fourth-order valence-electron chi connectivity index (χ4n) is 3.02. The summed E-state index contributed by atoms with van der Waals surface area (Å²) in [5.74, 6) is 0.766. The van der Waals surface area contributed by atoms with E-state index in [1.807, 2.05) is 4.90 Å². The predicted octanol–water partition coefficient (Wildman–Crippen LogP) is 1.70. The molecule has 1 aromatic rings. The van der Waals surface area contributed by atoms with Gasteiger partial charge in [0.2, 0.25) is 5.91 Å². The Labute approximate surface area is 127 Å². The van der Waals surface area contributed by atoms with Crippen LogP contribution in [0.15, 0.2) is 30.3 Å². The van der Waals surface area contributed by atoms with Crippen molar-refractivity contribution >= 4 is 5.91 Å². The summed E-state index contributed by atoms with van der Waals surface area (Å²) in [5, 5.41) is 0. The van der Waals surface area contributed by atoms with Crippen molar-refractivity contribution in [3.05, 3.63) is 35.9 Å². The lowest BCUT2D eigenvalue weighted by Crippen LogP contribution is -2.46. The van der Waals surface area contributed by atoms with Crippen molar-refractivity contribution in [1.29, 1.82) is 0 Å². The molecule has 1 fully saturated rings. The maximum absolute atomic E-state index is 11.9. The van der Waals surface area contributed by atoms with Gasteiger partial charge in [-0.05, 0) is 38.3 Å². The molecule has 1 amide bonds. The van der Waals surface area contributed by atoms with Crippen molar-refractivity contribution in [2.24, 2.45) is 11.7 Å². The van der Waals surface area contributed by atoms with E-state index in [1.54, 1.807) is 6.92 Å². The highest BCUT2D eigenvalue weighted by Crippen LogP contribution is 2.19. The molecule has 2 rings (SSSR count). The minimum absolute atomic E-state index is 0.0890. The number of piperidine rings is 1. The molecule has 0 unspecified atom stereocenters. The normalized spacial score (nSPS) is 18.0. The predicted molar refractivity (Wildman–Crippen MR) is 85.7 cm³/mol. The molecule has 116 valence electrons. The molecule has 4 nitrogen and oxygen atoms in total. The summed E-state index contributed by atoms with van der Waals surface area (Å²) in [6, 6.07) is 10.2. The van der Waals surface area contributed by atoms with Crippen LogP contribution in [0, 0.1) is 5.92 Å². The first-order valence-corrected chi connectivity index (χ1v) is 7.83. The Morgan fingerprint density at radius 2 is 1.95 bits per heavy atom. The highest BCUT2D eigenvalue weighted by molar-refractivity contribution is 5.81. The van der Waals surface area contributed by atoms with Gasteiger partial charge in [-0.15, -0.1) is 0 Å². The minimum Gasteiger partial charge on any atom is -0.341 e. The molecule has 0 bridgehead atoms. The standard InChI is InChI=1S/C17H27N3O/c1-14(18)17(21)20-10-8-16(9-11-20)13-19(2)12-15-6-4-3-5-7-15/h3-7,14,16H,8-13,18H2,1-2H3/t14-/m0/s1. The summed E-state index contributed by atoms with van der Waals surface area (Å²) < 4.78 is 0. The van der Waals surface area contributed by atoms with E-state index in [4.69, 9.17) is 5.73 Å². The molecule has 1 atom stereocenters. The molecule has 0 radical (unpaired) electrons. The van der Waals surface area contributed by atoms with Crippen LogP contribution in [0.1, 0.15) is 25.3 Å². The van der Waals surface area contributed by atoms with E-state index < -0.39 is 0 Å². The summed E-state index contributed by atoms with van der Waals surface area (Å²) in [6.45, 7) is 5.55. The number of nitrogens with zero attached hydrogens (tertiary/aromatic N) is 2. The first-order chi connectivity index (χ1) is 10.1. The van der Waals surface area contributed by atoms with Gasteiger partial charge >= 0.3 is 0 Å². The molecule has 21 heavy (non-hydrogen) atoms. The van der Waals surface area contributed by atoms with Gasteiger partial charge in [-0.25, -0.2) is 0 Å². The smallest absolute Gasteiger partial charge is 0.239 e. The third kappa shape index (κ3) is 4.83. The van der Waals surface area contributed by atoms with Crippen LogP contribution in [0.3, 0.4) is 0 Å². The molecule has 1 saturated heterocycles. The van der Waals surface area contributed by atoms with E-state index in [9.17, 15) is 4.79 Å². The highest BCUT2D eigenvalue weighted by atomic mass is 16.2. The average Bonchev–Trinajstić information content (AvgIpc) is 2.48. The van der Waals surface area contributed by atoms with Gasteiger partial charge in [0.1, 0.15) is 0 Å². The molecule has 1 aromatic carbocycles. The van der Waals surface area contributed by atoms with E-state index in [0.29, 0.717) is 5.92 Å². The maximum Gasteiger partial charge on any atom is 0.239 e. The molecule has 1 heterocycles. The lowest BCUT2D eigenvalue weighted by atomic mass is 9.95. The van der Waals surface area contributed by atoms with E-state index in [2.05, 4.69) is 42.3 Å². The number of likely N-dealkylation sites (tertiary alicyclic amines) is 1. The van der Waals surface area contributed by atoms with Crippen LogP contribution >= 0.6 is 0 Å². The summed E-state index contributed by atoms with van der Waals surface area (Å²) in [6.07, 6.45) is 2.16. The molecular weight excluding hydrogens is 262 g/mol. The second-order valence-corrected chi connectivity index (χ2v) is 6.24. The lowest BCUT2D eigenvalue weighted by Gasteiger charge is -2.34. The van der Waals surface area contributed by atoms with Crippen molar-refractivity contribution in [2.75, 3.05) is 26.7 Å². The number of nitrogens with two attached hydrogens (primary N) is 1. The van der Waals surface area contributed by atoms with E-state index in [1.165, 1.54) is 5.56 Å². The summed E-state index contributed by atoms with van der Waals surface area (Å²) in [5.41, 5.74) is 7.02. The van der Waals surface area contributed by atoms with Crippen molar-refractivity contribution in [3.8, 4) is 0 Å². The van der Waals surface area contributed by atoms with Crippen LogP contribution in [0.25, 0.3) is 0 Å². The van der Waals surface area contributed by atoms with Crippen LogP contribution in [-0.2, 0) is 11.3 Å². The molecule has 0 aromatic heterocycles. The van der Waals surface area contributed by atoms with Crippen molar-refractivity contribution in [1.82, 2.24) is 9.80 Å². The summed E-state index contributed by atoms with van der Waals surface area (Å²) >= 11 is 0. The molecule has 1 aliphatic rings. The number of rotatable bonds is 5. The quantitative estimate of drug-likeness (QED) is 0.897. The van der Waals surface area contributed by atoms with E-state index in [0.717, 1.165) is 39.0 Å². The third-order valence-electron chi connectivity index (χ3n) is 4.18. The molecule has 4 heteroatoms. The Hall–Kier alpha value is -1.39. The number of carbonyl (C=O) groups is 1. The van der Waals surface area contributed by atoms with Crippen molar-refractivity contribution in [2.45, 2.75) is 32.4 Å². The van der Waals surface area contributed by atoms with Crippen molar-refractivity contribution in [3.63, 3.8) is 0 Å². The number of hydrogen-bond donors (Lipinski definition) is 1. The van der Waals surface area contributed by atoms with Gasteiger partial charge in [0.15, 0.2) is 0 Å². The largest absolute Gasteiger partial charge is 0.341 e. The zero-order valence-electron chi connectivity index (χ0n) is 13.2. The Bertz CT molecular complexity index is 439. The molecular formula is C17H27N3O. The lowest BCUT2D eigenvalue weighted by molar-refractivity contribution is -0.133. The SMILES string of the molecule is C[C@H](N)C(=O)N1CCC(CN(C)Cc2ccccc2)CC1. The number of amides is 1. The molecule has 0 aliphatic carbocycles. The Morgan fingerprint density at radius 1 is 1.33 bits per heavy atom. The van der Waals surface area contributed by atoms with Gasteiger partial charge in [0.25, 0.3) is 0 Å². The molecule has 1 aliphatic heterocycles. The van der Waals surface area contributed by atoms with Crippen LogP contribution in [0.2, 0.25) is 0 Å². The van der Waals surface area contributed by atoms with Crippen LogP contribution in [-0.4, -0.2) is 48.4 Å². The molecule has 0 spiro atoms. The number of carbonyl (C=O) groups excluding carboxylic acids is 1. The van der Waals surface area contributed by atoms with Gasteiger partial charge in [0, 0.05) is 26.2 Å². The van der Waals surface area contributed by atoms with Gasteiger partial charge < -0.3 is 15.5 Å². The summed E-state index contributed by atoms with van der Waals surface area (Å²) in [7, 11) is 2.17. The number of benzene rings is 1. The van der Waals surface area contributed by atoms with Gasteiger partial charge in [0.05, 0.1) is 6.04 Å². The van der Waals surface area contributed by atoms with Crippen LogP contribution in [0.4, 0.5) is 0 Å². The van der Waals surface area contributed by atoms with E-state index in [-0.39, 0.29) is 11.9 Å². The molecule has 0 saturated carbocycles. The van der Waals surface area contributed by atoms with Gasteiger partial charge in [-0.1, -0.05) is 30.3 Å². The highest BCUT2D eigenvalue weighted by Gasteiger charge is 2.24. The van der Waals surface area contributed by atoms with Crippen molar-refractivity contribution < 1.29 is 4.79 Å². The summed E-state index contributed by atoms with van der Waals surface area (Å²) in [4.78, 5) is 16.2. The number of hydrogen-bond acceptors (Lipinski definition) is 3. The maximum atomic E-state index is 11.9. The van der Waals surface area contributed by atoms with E-state index >= 15 is 0 Å². The molecule has 2 N–H and O–H groups in total. The average molecular weight is 289 g/mol. The van der Waals surface area contributed by atoms with Gasteiger partial charge in [-0.3, -0.25) is 4.79 Å². The fraction of sp³-hybridized carbons (Fsp3) is 0.588. The first kappa shape index (κ1) is 16.0. The minimum atomic E-state index is -0.373. The second-order valence-electron chi connectivity index (χ2n) is 6.24. The monoisotopic (exact) mass is 289 g/mol. The second kappa shape index (κ2) is 7.57. The zero-order valence-corrected chi connectivity index (χ0v) is 13.2. The van der Waals surface area contributed by atoms with Gasteiger partial charge in [-0.2, -0.15) is 0 Å². The Morgan fingerprint density at radius 3 is 2.52 bits per heavy atom. The Kier molecular flexibility index (Phi) is 5.76. The zero-order chi connectivity index (χ0) is 15.2. The topological polar surface area (TPSA) is 49.6 Å². The third-order valence-corrected chi connectivity index (χ3v) is 4.18. The first-order valence-electron chi connectivity index (χ1n) is 7.83. The van der Waals surface area contributed by atoms with Crippen LogP contribution < -0.4 is 5.73 Å².